The van der Waals surface area contributed by atoms with Crippen LogP contribution in [0.1, 0.15) is 33.3 Å². The van der Waals surface area contributed by atoms with Gasteiger partial charge in [0.1, 0.15) is 0 Å². The molecular formula is C23H31N7O2S. The molecule has 5 N–H and O–H groups in total. The first kappa shape index (κ1) is 24.4. The summed E-state index contributed by atoms with van der Waals surface area (Å²) >= 11 is 1.52. The van der Waals surface area contributed by atoms with Gasteiger partial charge < -0.3 is 26.4 Å². The van der Waals surface area contributed by atoms with Crippen molar-refractivity contribution in [2.75, 3.05) is 23.8 Å². The smallest absolute Gasteiger partial charge is 0.315 e. The van der Waals surface area contributed by atoms with E-state index in [0.29, 0.717) is 24.7 Å². The number of aliphatic hydroxyl groups is 1. The van der Waals surface area contributed by atoms with Gasteiger partial charge in [-0.05, 0) is 39.3 Å². The summed E-state index contributed by atoms with van der Waals surface area (Å²) in [6.07, 6.45) is 1.79. The van der Waals surface area contributed by atoms with Crippen molar-refractivity contribution in [3.8, 4) is 21.8 Å². The zero-order chi connectivity index (χ0) is 23.8. The number of aliphatic hydroxyl groups excluding tert-OH is 1. The molecule has 1 aromatic carbocycles. The second-order valence-electron chi connectivity index (χ2n) is 7.89. The fourth-order valence-electron chi connectivity index (χ4n) is 3.07. The average molecular weight is 470 g/mol. The zero-order valence-corrected chi connectivity index (χ0v) is 20.2. The molecule has 0 saturated carbocycles. The molecule has 0 radical (unpaired) electrons. The SMILES string of the molecule is CCNC(=O)NCc1ccccc1-c1cc(-c2cnc(NC(C)C)s2)nc(N[C@H](C)CO)n1. The molecule has 2 amide bonds. The van der Waals surface area contributed by atoms with Crippen LogP contribution in [-0.2, 0) is 6.54 Å². The fraction of sp³-hybridized carbons (Fsp3) is 0.391. The van der Waals surface area contributed by atoms with Gasteiger partial charge in [0.2, 0.25) is 5.95 Å². The number of carbonyl (C=O) groups excluding carboxylic acids is 1. The van der Waals surface area contributed by atoms with Crippen LogP contribution in [0.5, 0.6) is 0 Å². The van der Waals surface area contributed by atoms with Gasteiger partial charge in [0.05, 0.1) is 22.9 Å². The third-order valence-corrected chi connectivity index (χ3v) is 5.57. The lowest BCUT2D eigenvalue weighted by Gasteiger charge is -2.15. The van der Waals surface area contributed by atoms with Crippen LogP contribution < -0.4 is 21.3 Å². The normalized spacial score (nSPS) is 11.8. The summed E-state index contributed by atoms with van der Waals surface area (Å²) in [6.45, 7) is 8.74. The number of benzene rings is 1. The number of carbonyl (C=O) groups is 1. The number of nitrogens with one attached hydrogen (secondary N) is 4. The summed E-state index contributed by atoms with van der Waals surface area (Å²) in [4.78, 5) is 26.6. The van der Waals surface area contributed by atoms with E-state index in [1.807, 2.05) is 44.2 Å². The minimum absolute atomic E-state index is 0.0427. The molecule has 0 aliphatic rings. The molecule has 2 heterocycles. The highest BCUT2D eigenvalue weighted by molar-refractivity contribution is 7.18. The Morgan fingerprint density at radius 1 is 1.09 bits per heavy atom. The fourth-order valence-corrected chi connectivity index (χ4v) is 3.99. The number of hydrogen-bond donors (Lipinski definition) is 5. The summed E-state index contributed by atoms with van der Waals surface area (Å²) in [6, 6.07) is 9.58. The highest BCUT2D eigenvalue weighted by Crippen LogP contribution is 2.32. The number of aromatic nitrogens is 3. The lowest BCUT2D eigenvalue weighted by molar-refractivity contribution is 0.241. The Morgan fingerprint density at radius 2 is 1.85 bits per heavy atom. The molecule has 0 unspecified atom stereocenters. The first-order valence-electron chi connectivity index (χ1n) is 11.0. The van der Waals surface area contributed by atoms with Crippen molar-refractivity contribution in [2.24, 2.45) is 0 Å². The third kappa shape index (κ3) is 6.87. The second-order valence-corrected chi connectivity index (χ2v) is 8.92. The van der Waals surface area contributed by atoms with E-state index in [1.165, 1.54) is 11.3 Å². The Kier molecular flexibility index (Phi) is 8.56. The Balaban J connectivity index is 1.99. The van der Waals surface area contributed by atoms with E-state index in [2.05, 4.69) is 45.1 Å². The average Bonchev–Trinajstić information content (AvgIpc) is 3.25. The van der Waals surface area contributed by atoms with Gasteiger partial charge in [0, 0.05) is 36.9 Å². The van der Waals surface area contributed by atoms with Crippen molar-refractivity contribution in [3.05, 3.63) is 42.1 Å². The Hall–Kier alpha value is -3.24. The number of nitrogens with zero attached hydrogens (tertiary/aromatic N) is 3. The number of hydrogen-bond acceptors (Lipinski definition) is 8. The van der Waals surface area contributed by atoms with Crippen molar-refractivity contribution in [3.63, 3.8) is 0 Å². The molecule has 0 fully saturated rings. The van der Waals surface area contributed by atoms with E-state index in [1.54, 1.807) is 6.20 Å². The molecule has 9 nitrogen and oxygen atoms in total. The van der Waals surface area contributed by atoms with E-state index in [0.717, 1.165) is 26.8 Å². The highest BCUT2D eigenvalue weighted by Gasteiger charge is 2.15. The first-order valence-corrected chi connectivity index (χ1v) is 11.8. The summed E-state index contributed by atoms with van der Waals surface area (Å²) in [5.41, 5.74) is 3.27. The van der Waals surface area contributed by atoms with Crippen LogP contribution in [0.2, 0.25) is 0 Å². The van der Waals surface area contributed by atoms with Crippen LogP contribution >= 0.6 is 11.3 Å². The second kappa shape index (κ2) is 11.6. The molecule has 10 heteroatoms. The quantitative estimate of drug-likeness (QED) is 0.307. The van der Waals surface area contributed by atoms with Crippen molar-refractivity contribution in [1.29, 1.82) is 0 Å². The zero-order valence-electron chi connectivity index (χ0n) is 19.3. The monoisotopic (exact) mass is 469 g/mol. The predicted octanol–water partition coefficient (Wildman–Crippen LogP) is 3.70. The molecule has 2 aromatic heterocycles. The molecule has 3 rings (SSSR count). The van der Waals surface area contributed by atoms with Gasteiger partial charge >= 0.3 is 6.03 Å². The Labute approximate surface area is 198 Å². The van der Waals surface area contributed by atoms with Gasteiger partial charge in [0.15, 0.2) is 5.13 Å². The van der Waals surface area contributed by atoms with Crippen LogP contribution in [0.3, 0.4) is 0 Å². The van der Waals surface area contributed by atoms with Crippen molar-refractivity contribution < 1.29 is 9.90 Å². The maximum absolute atomic E-state index is 11.9. The van der Waals surface area contributed by atoms with Crippen LogP contribution in [0, 0.1) is 0 Å². The van der Waals surface area contributed by atoms with Gasteiger partial charge in [0.25, 0.3) is 0 Å². The largest absolute Gasteiger partial charge is 0.394 e. The van der Waals surface area contributed by atoms with Gasteiger partial charge in [-0.3, -0.25) is 0 Å². The molecule has 0 spiro atoms. The molecule has 33 heavy (non-hydrogen) atoms. The lowest BCUT2D eigenvalue weighted by atomic mass is 10.0. The lowest BCUT2D eigenvalue weighted by Crippen LogP contribution is -2.34. The molecule has 0 aliphatic heterocycles. The van der Waals surface area contributed by atoms with E-state index in [9.17, 15) is 9.90 Å². The van der Waals surface area contributed by atoms with Gasteiger partial charge in [-0.2, -0.15) is 0 Å². The van der Waals surface area contributed by atoms with Gasteiger partial charge in [-0.1, -0.05) is 35.6 Å². The molecular weight excluding hydrogens is 438 g/mol. The minimum Gasteiger partial charge on any atom is -0.394 e. The van der Waals surface area contributed by atoms with E-state index >= 15 is 0 Å². The molecule has 0 saturated heterocycles. The summed E-state index contributed by atoms with van der Waals surface area (Å²) in [5, 5.41) is 22.4. The maximum Gasteiger partial charge on any atom is 0.315 e. The number of amides is 2. The topological polar surface area (TPSA) is 124 Å². The number of anilines is 2. The number of rotatable bonds is 10. The standard InChI is InChI=1S/C23H31N7O2S/c1-5-24-22(32)25-11-16-8-6-7-9-17(16)18-10-19(30-21(29-18)28-15(4)13-31)20-12-26-23(33-20)27-14(2)3/h6-10,12,14-15,31H,5,11,13H2,1-4H3,(H,26,27)(H2,24,25,32)(H,28,29,30)/t15-/m1/s1. The Morgan fingerprint density at radius 3 is 2.58 bits per heavy atom. The van der Waals surface area contributed by atoms with Crippen molar-refractivity contribution in [2.45, 2.75) is 46.3 Å². The first-order chi connectivity index (χ1) is 15.9. The Bertz CT molecular complexity index is 1070. The molecule has 3 aromatic rings. The summed E-state index contributed by atoms with van der Waals surface area (Å²) in [5.74, 6) is 0.419. The minimum atomic E-state index is -0.218. The van der Waals surface area contributed by atoms with Crippen molar-refractivity contribution >= 4 is 28.4 Å². The summed E-state index contributed by atoms with van der Waals surface area (Å²) < 4.78 is 0. The van der Waals surface area contributed by atoms with Crippen LogP contribution in [0.4, 0.5) is 15.9 Å². The van der Waals surface area contributed by atoms with E-state index < -0.39 is 0 Å². The van der Waals surface area contributed by atoms with Gasteiger partial charge in [-0.15, -0.1) is 0 Å². The highest BCUT2D eigenvalue weighted by atomic mass is 32.1. The predicted molar refractivity (Wildman–Crippen MR) is 133 cm³/mol. The molecule has 176 valence electrons. The molecule has 0 aliphatic carbocycles. The molecule has 0 bridgehead atoms. The van der Waals surface area contributed by atoms with Crippen LogP contribution in [0.15, 0.2) is 36.5 Å². The van der Waals surface area contributed by atoms with Gasteiger partial charge in [-0.25, -0.2) is 19.7 Å². The maximum atomic E-state index is 11.9. The van der Waals surface area contributed by atoms with Crippen LogP contribution in [0.25, 0.3) is 21.8 Å². The third-order valence-electron chi connectivity index (χ3n) is 4.62. The van der Waals surface area contributed by atoms with Crippen molar-refractivity contribution in [1.82, 2.24) is 25.6 Å². The molecule has 1 atom stereocenters. The van der Waals surface area contributed by atoms with Crippen LogP contribution in [-0.4, -0.2) is 51.3 Å². The van der Waals surface area contributed by atoms with E-state index in [4.69, 9.17) is 4.98 Å². The number of urea groups is 1. The number of thiazole rings is 1. The van der Waals surface area contributed by atoms with E-state index in [-0.39, 0.29) is 24.7 Å². The summed E-state index contributed by atoms with van der Waals surface area (Å²) in [7, 11) is 0.